The summed E-state index contributed by atoms with van der Waals surface area (Å²) < 4.78 is 10.8. The van der Waals surface area contributed by atoms with Gasteiger partial charge in [0.15, 0.2) is 5.96 Å². The molecule has 0 radical (unpaired) electrons. The van der Waals surface area contributed by atoms with Crippen molar-refractivity contribution in [3.63, 3.8) is 0 Å². The summed E-state index contributed by atoms with van der Waals surface area (Å²) in [6, 6.07) is 10.1. The number of hydrogen-bond acceptors (Lipinski definition) is 3. The molecule has 1 aromatic carbocycles. The highest BCUT2D eigenvalue weighted by atomic mass is 16.5. The minimum Gasteiger partial charge on any atom is -0.496 e. The van der Waals surface area contributed by atoms with E-state index in [4.69, 9.17) is 9.15 Å². The number of benzene rings is 1. The van der Waals surface area contributed by atoms with Gasteiger partial charge in [-0.15, -0.1) is 0 Å². The smallest absolute Gasteiger partial charge is 0.191 e. The molecule has 0 fully saturated rings. The van der Waals surface area contributed by atoms with Gasteiger partial charge in [-0.05, 0) is 37.1 Å². The summed E-state index contributed by atoms with van der Waals surface area (Å²) in [6.45, 7) is 6.42. The van der Waals surface area contributed by atoms with Crippen LogP contribution >= 0.6 is 0 Å². The van der Waals surface area contributed by atoms with Crippen LogP contribution in [0.4, 0.5) is 0 Å². The molecule has 0 aliphatic carbocycles. The average molecular weight is 329 g/mol. The van der Waals surface area contributed by atoms with Gasteiger partial charge in [-0.25, -0.2) is 4.99 Å². The summed E-state index contributed by atoms with van der Waals surface area (Å²) in [5, 5.41) is 6.69. The van der Waals surface area contributed by atoms with Crippen LogP contribution in [0.1, 0.15) is 30.2 Å². The van der Waals surface area contributed by atoms with Crippen molar-refractivity contribution in [1.29, 1.82) is 0 Å². The molecule has 2 N–H and O–H groups in total. The predicted octanol–water partition coefficient (Wildman–Crippen LogP) is 3.28. The molecular weight excluding hydrogens is 302 g/mol. The van der Waals surface area contributed by atoms with E-state index < -0.39 is 0 Å². The minimum atomic E-state index is 0.573. The molecule has 0 bridgehead atoms. The van der Waals surface area contributed by atoms with Crippen LogP contribution in [-0.4, -0.2) is 26.2 Å². The molecule has 2 rings (SSSR count). The van der Waals surface area contributed by atoms with Crippen LogP contribution in [0, 0.1) is 6.92 Å². The second-order valence-electron chi connectivity index (χ2n) is 5.66. The SMILES string of the molecule is CCCNC(=NCc1ccc(C)cc1OC)NCCc1ccco1. The quantitative estimate of drug-likeness (QED) is 0.576. The molecule has 0 atom stereocenters. The van der Waals surface area contributed by atoms with E-state index in [2.05, 4.69) is 41.6 Å². The van der Waals surface area contributed by atoms with Crippen molar-refractivity contribution < 1.29 is 9.15 Å². The molecule has 130 valence electrons. The molecule has 24 heavy (non-hydrogen) atoms. The molecule has 5 heteroatoms. The van der Waals surface area contributed by atoms with Crippen LogP contribution in [-0.2, 0) is 13.0 Å². The number of methoxy groups -OCH3 is 1. The van der Waals surface area contributed by atoms with Crippen molar-refractivity contribution in [3.8, 4) is 5.75 Å². The monoisotopic (exact) mass is 329 g/mol. The number of nitrogens with one attached hydrogen (secondary N) is 2. The van der Waals surface area contributed by atoms with Crippen LogP contribution in [0.25, 0.3) is 0 Å². The Kier molecular flexibility index (Phi) is 7.21. The number of aryl methyl sites for hydroxylation is 1. The van der Waals surface area contributed by atoms with Gasteiger partial charge in [-0.1, -0.05) is 19.1 Å². The Bertz CT molecular complexity index is 636. The Morgan fingerprint density at radius 1 is 1.21 bits per heavy atom. The van der Waals surface area contributed by atoms with E-state index in [9.17, 15) is 0 Å². The fourth-order valence-corrected chi connectivity index (χ4v) is 2.32. The van der Waals surface area contributed by atoms with E-state index in [0.29, 0.717) is 6.54 Å². The summed E-state index contributed by atoms with van der Waals surface area (Å²) in [4.78, 5) is 4.67. The molecular formula is C19H27N3O2. The van der Waals surface area contributed by atoms with Crippen molar-refractivity contribution in [3.05, 3.63) is 53.5 Å². The van der Waals surface area contributed by atoms with Gasteiger partial charge in [-0.2, -0.15) is 0 Å². The average Bonchev–Trinajstić information content (AvgIpc) is 3.11. The summed E-state index contributed by atoms with van der Waals surface area (Å²) in [6.07, 6.45) is 3.57. The third-order valence-corrected chi connectivity index (χ3v) is 3.64. The van der Waals surface area contributed by atoms with E-state index in [0.717, 1.165) is 49.0 Å². The highest BCUT2D eigenvalue weighted by Crippen LogP contribution is 2.20. The Hall–Kier alpha value is -2.43. The van der Waals surface area contributed by atoms with Gasteiger partial charge in [0.2, 0.25) is 0 Å². The number of furan rings is 1. The van der Waals surface area contributed by atoms with Gasteiger partial charge in [0.05, 0.1) is 19.9 Å². The van der Waals surface area contributed by atoms with Gasteiger partial charge in [0.25, 0.3) is 0 Å². The van der Waals surface area contributed by atoms with Crippen molar-refractivity contribution >= 4 is 5.96 Å². The van der Waals surface area contributed by atoms with Crippen LogP contribution in [0.5, 0.6) is 5.75 Å². The Morgan fingerprint density at radius 3 is 2.75 bits per heavy atom. The Labute approximate surface area is 144 Å². The van der Waals surface area contributed by atoms with Crippen LogP contribution < -0.4 is 15.4 Å². The number of ether oxygens (including phenoxy) is 1. The highest BCUT2D eigenvalue weighted by molar-refractivity contribution is 5.79. The maximum Gasteiger partial charge on any atom is 0.191 e. The molecule has 0 aliphatic heterocycles. The second kappa shape index (κ2) is 9.65. The molecule has 1 aromatic heterocycles. The zero-order valence-electron chi connectivity index (χ0n) is 14.8. The van der Waals surface area contributed by atoms with E-state index in [1.54, 1.807) is 13.4 Å². The summed E-state index contributed by atoms with van der Waals surface area (Å²) in [5.74, 6) is 2.66. The molecule has 5 nitrogen and oxygen atoms in total. The maximum absolute atomic E-state index is 5.45. The summed E-state index contributed by atoms with van der Waals surface area (Å²) >= 11 is 0. The predicted molar refractivity (Wildman–Crippen MR) is 97.6 cm³/mol. The number of rotatable bonds is 8. The lowest BCUT2D eigenvalue weighted by Gasteiger charge is -2.12. The first-order valence-corrected chi connectivity index (χ1v) is 8.41. The first-order chi connectivity index (χ1) is 11.7. The zero-order valence-corrected chi connectivity index (χ0v) is 14.8. The molecule has 0 aliphatic rings. The molecule has 2 aromatic rings. The first kappa shape index (κ1) is 17.9. The van der Waals surface area contributed by atoms with Crippen molar-refractivity contribution in [1.82, 2.24) is 10.6 Å². The number of guanidine groups is 1. The molecule has 0 saturated carbocycles. The van der Waals surface area contributed by atoms with E-state index in [1.165, 1.54) is 5.56 Å². The van der Waals surface area contributed by atoms with Gasteiger partial charge in [0.1, 0.15) is 11.5 Å². The fourth-order valence-electron chi connectivity index (χ4n) is 2.32. The Morgan fingerprint density at radius 2 is 2.04 bits per heavy atom. The first-order valence-electron chi connectivity index (χ1n) is 8.41. The third-order valence-electron chi connectivity index (χ3n) is 3.64. The molecule has 0 saturated heterocycles. The van der Waals surface area contributed by atoms with Crippen LogP contribution in [0.15, 0.2) is 46.0 Å². The maximum atomic E-state index is 5.45. The summed E-state index contributed by atoms with van der Waals surface area (Å²) in [7, 11) is 1.69. The molecule has 0 amide bonds. The van der Waals surface area contributed by atoms with Gasteiger partial charge >= 0.3 is 0 Å². The fraction of sp³-hybridized carbons (Fsp3) is 0.421. The molecule has 0 spiro atoms. The number of aliphatic imine (C=N–C) groups is 1. The minimum absolute atomic E-state index is 0.573. The standard InChI is InChI=1S/C19H27N3O2/c1-4-10-20-19(21-11-9-17-6-5-12-24-17)22-14-16-8-7-15(2)13-18(16)23-3/h5-8,12-13H,4,9-11,14H2,1-3H3,(H2,20,21,22). The number of hydrogen-bond donors (Lipinski definition) is 2. The molecule has 0 unspecified atom stereocenters. The normalized spacial score (nSPS) is 11.4. The molecule has 1 heterocycles. The lowest BCUT2D eigenvalue weighted by atomic mass is 10.1. The topological polar surface area (TPSA) is 58.8 Å². The number of nitrogens with zero attached hydrogens (tertiary/aromatic N) is 1. The lowest BCUT2D eigenvalue weighted by Crippen LogP contribution is -2.38. The van der Waals surface area contributed by atoms with Gasteiger partial charge < -0.3 is 19.8 Å². The third kappa shape index (κ3) is 5.65. The van der Waals surface area contributed by atoms with Crippen molar-refractivity contribution in [2.75, 3.05) is 20.2 Å². The van der Waals surface area contributed by atoms with Gasteiger partial charge in [0, 0.05) is 25.1 Å². The van der Waals surface area contributed by atoms with Crippen molar-refractivity contribution in [2.24, 2.45) is 4.99 Å². The lowest BCUT2D eigenvalue weighted by molar-refractivity contribution is 0.409. The van der Waals surface area contributed by atoms with Crippen molar-refractivity contribution in [2.45, 2.75) is 33.2 Å². The van der Waals surface area contributed by atoms with Crippen LogP contribution in [0.3, 0.4) is 0 Å². The Balaban J connectivity index is 1.96. The zero-order chi connectivity index (χ0) is 17.2. The van der Waals surface area contributed by atoms with E-state index in [-0.39, 0.29) is 0 Å². The van der Waals surface area contributed by atoms with E-state index in [1.807, 2.05) is 18.2 Å². The van der Waals surface area contributed by atoms with Crippen LogP contribution in [0.2, 0.25) is 0 Å². The highest BCUT2D eigenvalue weighted by Gasteiger charge is 2.04. The summed E-state index contributed by atoms with van der Waals surface area (Å²) in [5.41, 5.74) is 2.26. The van der Waals surface area contributed by atoms with E-state index >= 15 is 0 Å². The largest absolute Gasteiger partial charge is 0.496 e. The van der Waals surface area contributed by atoms with Gasteiger partial charge in [-0.3, -0.25) is 0 Å². The second-order valence-corrected chi connectivity index (χ2v) is 5.66.